The van der Waals surface area contributed by atoms with Gasteiger partial charge in [0.25, 0.3) is 0 Å². The molecule has 0 saturated heterocycles. The van der Waals surface area contributed by atoms with Gasteiger partial charge in [0.15, 0.2) is 0 Å². The fourth-order valence-electron chi connectivity index (χ4n) is 1.76. The molecule has 1 saturated carbocycles. The maximum absolute atomic E-state index is 11.7. The minimum Gasteiger partial charge on any atom is -0.362 e. The van der Waals surface area contributed by atoms with Crippen molar-refractivity contribution in [1.29, 1.82) is 0 Å². The molecule has 2 unspecified atom stereocenters. The first-order chi connectivity index (χ1) is 7.88. The molecule has 1 aliphatic rings. The van der Waals surface area contributed by atoms with E-state index in [1.54, 1.807) is 0 Å². The number of halogens is 4. The number of nitrogens with one attached hydrogen (secondary N) is 1. The predicted octanol–water partition coefficient (Wildman–Crippen LogP) is 2.23. The second kappa shape index (κ2) is 6.44. The zero-order chi connectivity index (χ0) is 12.9. The molecule has 1 N–H and O–H groups in total. The number of hydrogen-bond acceptors (Lipinski definition) is 2. The Balaban J connectivity index is 2.20. The van der Waals surface area contributed by atoms with Crippen LogP contribution < -0.4 is 5.32 Å². The lowest BCUT2D eigenvalue weighted by molar-refractivity contribution is -0.175. The standard InChI is InChI=1S/C10H15ClF3NO2/c11-7-3-1-2-4-8(7)15-9(16)5-17-6-10(12,13)14/h7-8H,1-6H2,(H,15,16). The van der Waals surface area contributed by atoms with Gasteiger partial charge in [-0.15, -0.1) is 11.6 Å². The van der Waals surface area contributed by atoms with Gasteiger partial charge in [0, 0.05) is 6.04 Å². The van der Waals surface area contributed by atoms with Crippen LogP contribution in [-0.2, 0) is 9.53 Å². The number of carbonyl (C=O) groups is 1. The molecule has 17 heavy (non-hydrogen) atoms. The second-order valence-corrected chi connectivity index (χ2v) is 4.64. The second-order valence-electron chi connectivity index (χ2n) is 4.08. The summed E-state index contributed by atoms with van der Waals surface area (Å²) in [4.78, 5) is 11.3. The summed E-state index contributed by atoms with van der Waals surface area (Å²) < 4.78 is 39.5. The first-order valence-corrected chi connectivity index (χ1v) is 5.90. The third kappa shape index (κ3) is 6.12. The Bertz CT molecular complexity index is 260. The van der Waals surface area contributed by atoms with E-state index in [-0.39, 0.29) is 11.4 Å². The van der Waals surface area contributed by atoms with E-state index in [2.05, 4.69) is 10.1 Å². The Morgan fingerprint density at radius 2 is 2.00 bits per heavy atom. The quantitative estimate of drug-likeness (QED) is 0.798. The van der Waals surface area contributed by atoms with E-state index in [0.29, 0.717) is 0 Å². The molecule has 3 nitrogen and oxygen atoms in total. The van der Waals surface area contributed by atoms with Crippen LogP contribution in [0.25, 0.3) is 0 Å². The molecule has 100 valence electrons. The minimum absolute atomic E-state index is 0.143. The molecule has 0 aliphatic heterocycles. The van der Waals surface area contributed by atoms with Crippen molar-refractivity contribution in [2.45, 2.75) is 43.3 Å². The topological polar surface area (TPSA) is 38.3 Å². The monoisotopic (exact) mass is 273 g/mol. The van der Waals surface area contributed by atoms with Crippen molar-refractivity contribution in [2.24, 2.45) is 0 Å². The number of amides is 1. The van der Waals surface area contributed by atoms with Crippen molar-refractivity contribution in [3.63, 3.8) is 0 Å². The average Bonchev–Trinajstić information content (AvgIpc) is 2.19. The Kier molecular flexibility index (Phi) is 5.52. The largest absolute Gasteiger partial charge is 0.411 e. The number of alkyl halides is 4. The van der Waals surface area contributed by atoms with Crippen LogP contribution in [0.5, 0.6) is 0 Å². The predicted molar refractivity (Wildman–Crippen MR) is 56.9 cm³/mol. The highest BCUT2D eigenvalue weighted by Crippen LogP contribution is 2.22. The summed E-state index contributed by atoms with van der Waals surface area (Å²) in [5.41, 5.74) is 0. The fourth-order valence-corrected chi connectivity index (χ4v) is 2.10. The average molecular weight is 274 g/mol. The molecule has 0 aromatic heterocycles. The minimum atomic E-state index is -4.40. The van der Waals surface area contributed by atoms with E-state index in [9.17, 15) is 18.0 Å². The lowest BCUT2D eigenvalue weighted by Gasteiger charge is -2.27. The normalized spacial score (nSPS) is 25.6. The van der Waals surface area contributed by atoms with Crippen LogP contribution >= 0.6 is 11.6 Å². The van der Waals surface area contributed by atoms with Crippen molar-refractivity contribution < 1.29 is 22.7 Å². The van der Waals surface area contributed by atoms with Gasteiger partial charge in [-0.05, 0) is 12.8 Å². The van der Waals surface area contributed by atoms with E-state index in [1.807, 2.05) is 0 Å². The van der Waals surface area contributed by atoms with E-state index >= 15 is 0 Å². The smallest absolute Gasteiger partial charge is 0.362 e. The van der Waals surface area contributed by atoms with Crippen molar-refractivity contribution in [3.8, 4) is 0 Å². The zero-order valence-electron chi connectivity index (χ0n) is 9.23. The number of hydrogen-bond donors (Lipinski definition) is 1. The van der Waals surface area contributed by atoms with E-state index in [0.717, 1.165) is 25.7 Å². The Labute approximate surface area is 103 Å². The van der Waals surface area contributed by atoms with E-state index in [1.165, 1.54) is 0 Å². The molecule has 0 heterocycles. The highest BCUT2D eigenvalue weighted by Gasteiger charge is 2.28. The first-order valence-electron chi connectivity index (χ1n) is 5.46. The summed E-state index contributed by atoms with van der Waals surface area (Å²) >= 11 is 6.00. The molecule has 0 spiro atoms. The maximum Gasteiger partial charge on any atom is 0.411 e. The Morgan fingerprint density at radius 1 is 1.35 bits per heavy atom. The van der Waals surface area contributed by atoms with Crippen LogP contribution in [0.4, 0.5) is 13.2 Å². The molecule has 0 bridgehead atoms. The van der Waals surface area contributed by atoms with Crippen LogP contribution in [0.15, 0.2) is 0 Å². The molecule has 1 rings (SSSR count). The summed E-state index contributed by atoms with van der Waals surface area (Å²) in [7, 11) is 0. The third-order valence-electron chi connectivity index (χ3n) is 2.53. The summed E-state index contributed by atoms with van der Waals surface area (Å²) in [6.45, 7) is -1.99. The number of ether oxygens (including phenoxy) is 1. The highest BCUT2D eigenvalue weighted by molar-refractivity contribution is 6.21. The molecule has 1 fully saturated rings. The molecule has 0 aromatic carbocycles. The molecule has 0 aromatic rings. The van der Waals surface area contributed by atoms with Gasteiger partial charge in [-0.25, -0.2) is 0 Å². The first kappa shape index (κ1) is 14.6. The van der Waals surface area contributed by atoms with E-state index in [4.69, 9.17) is 11.6 Å². The fraction of sp³-hybridized carbons (Fsp3) is 0.900. The zero-order valence-corrected chi connectivity index (χ0v) is 9.98. The van der Waals surface area contributed by atoms with Crippen LogP contribution in [0.2, 0.25) is 0 Å². The van der Waals surface area contributed by atoms with Crippen molar-refractivity contribution in [1.82, 2.24) is 5.32 Å². The molecular weight excluding hydrogens is 259 g/mol. The van der Waals surface area contributed by atoms with Gasteiger partial charge in [-0.1, -0.05) is 12.8 Å². The number of rotatable bonds is 4. The highest BCUT2D eigenvalue weighted by atomic mass is 35.5. The Morgan fingerprint density at radius 3 is 2.59 bits per heavy atom. The van der Waals surface area contributed by atoms with Crippen molar-refractivity contribution >= 4 is 17.5 Å². The van der Waals surface area contributed by atoms with E-state index < -0.39 is 25.3 Å². The van der Waals surface area contributed by atoms with Crippen LogP contribution in [0, 0.1) is 0 Å². The summed E-state index contributed by atoms with van der Waals surface area (Å²) in [5.74, 6) is -0.549. The van der Waals surface area contributed by atoms with Gasteiger partial charge in [-0.3, -0.25) is 4.79 Å². The molecule has 2 atom stereocenters. The van der Waals surface area contributed by atoms with Gasteiger partial charge in [0.05, 0.1) is 5.38 Å². The molecule has 1 aliphatic carbocycles. The molecule has 7 heteroatoms. The lowest BCUT2D eigenvalue weighted by Crippen LogP contribution is -2.44. The van der Waals surface area contributed by atoms with Crippen molar-refractivity contribution in [2.75, 3.05) is 13.2 Å². The van der Waals surface area contributed by atoms with Crippen LogP contribution in [0.3, 0.4) is 0 Å². The van der Waals surface area contributed by atoms with Crippen LogP contribution in [-0.4, -0.2) is 36.7 Å². The van der Waals surface area contributed by atoms with Gasteiger partial charge in [0.1, 0.15) is 13.2 Å². The molecular formula is C10H15ClF3NO2. The molecule has 0 radical (unpaired) electrons. The summed E-state index contributed by atoms with van der Waals surface area (Å²) in [6, 6.07) is -0.160. The number of carbonyl (C=O) groups excluding carboxylic acids is 1. The van der Waals surface area contributed by atoms with Gasteiger partial charge >= 0.3 is 6.18 Å². The molecule has 1 amide bonds. The van der Waals surface area contributed by atoms with Gasteiger partial charge in [-0.2, -0.15) is 13.2 Å². The lowest BCUT2D eigenvalue weighted by atomic mass is 9.95. The SMILES string of the molecule is O=C(COCC(F)(F)F)NC1CCCCC1Cl. The summed E-state index contributed by atoms with van der Waals surface area (Å²) in [6.07, 6.45) is -0.835. The third-order valence-corrected chi connectivity index (χ3v) is 3.05. The van der Waals surface area contributed by atoms with Gasteiger partial charge < -0.3 is 10.1 Å². The Hall–Kier alpha value is -0.490. The summed E-state index contributed by atoms with van der Waals surface area (Å²) in [5, 5.41) is 2.45. The maximum atomic E-state index is 11.7. The van der Waals surface area contributed by atoms with Crippen molar-refractivity contribution in [3.05, 3.63) is 0 Å². The van der Waals surface area contributed by atoms with Crippen LogP contribution in [0.1, 0.15) is 25.7 Å². The van der Waals surface area contributed by atoms with Gasteiger partial charge in [0.2, 0.25) is 5.91 Å².